The summed E-state index contributed by atoms with van der Waals surface area (Å²) in [5, 5.41) is 20.0. The lowest BCUT2D eigenvalue weighted by Crippen LogP contribution is -2.26. The molecule has 0 atom stereocenters. The molecule has 0 aromatic heterocycles. The van der Waals surface area contributed by atoms with E-state index in [1.165, 1.54) is 24.0 Å². The maximum atomic E-state index is 10.0. The molecule has 0 fully saturated rings. The van der Waals surface area contributed by atoms with Crippen molar-refractivity contribution in [3.8, 4) is 11.5 Å². The SMILES string of the molecule is CC1(C)CCCC2=C1Cc1c(O)ccc(O)c1C2. The summed E-state index contributed by atoms with van der Waals surface area (Å²) in [6.45, 7) is 4.60. The van der Waals surface area contributed by atoms with Crippen molar-refractivity contribution in [3.05, 3.63) is 34.4 Å². The summed E-state index contributed by atoms with van der Waals surface area (Å²) in [6, 6.07) is 3.21. The fourth-order valence-corrected chi connectivity index (χ4v) is 3.54. The van der Waals surface area contributed by atoms with Gasteiger partial charge < -0.3 is 10.2 Å². The molecule has 2 aliphatic rings. The van der Waals surface area contributed by atoms with Crippen molar-refractivity contribution in [2.24, 2.45) is 5.41 Å². The van der Waals surface area contributed by atoms with E-state index in [4.69, 9.17) is 0 Å². The second kappa shape index (κ2) is 3.78. The molecule has 0 unspecified atom stereocenters. The summed E-state index contributed by atoms with van der Waals surface area (Å²) in [4.78, 5) is 0. The van der Waals surface area contributed by atoms with Gasteiger partial charge in [0.1, 0.15) is 11.5 Å². The number of allylic oxidation sites excluding steroid dienone is 2. The summed E-state index contributed by atoms with van der Waals surface area (Å²) in [5.41, 5.74) is 5.08. The van der Waals surface area contributed by atoms with E-state index in [9.17, 15) is 10.2 Å². The minimum atomic E-state index is 0.239. The number of aromatic hydroxyl groups is 2. The highest BCUT2D eigenvalue weighted by molar-refractivity contribution is 5.54. The fourth-order valence-electron chi connectivity index (χ4n) is 3.54. The molecular weight excluding hydrogens is 224 g/mol. The molecule has 18 heavy (non-hydrogen) atoms. The summed E-state index contributed by atoms with van der Waals surface area (Å²) in [5.74, 6) is 0.661. The number of phenolic OH excluding ortho intramolecular Hbond substituents is 2. The Morgan fingerprint density at radius 3 is 2.28 bits per heavy atom. The molecule has 2 nitrogen and oxygen atoms in total. The first-order chi connectivity index (χ1) is 8.49. The van der Waals surface area contributed by atoms with Crippen molar-refractivity contribution < 1.29 is 10.2 Å². The maximum absolute atomic E-state index is 10.0. The summed E-state index contributed by atoms with van der Waals surface area (Å²) in [7, 11) is 0. The largest absolute Gasteiger partial charge is 0.508 e. The summed E-state index contributed by atoms with van der Waals surface area (Å²) >= 11 is 0. The highest BCUT2D eigenvalue weighted by Gasteiger charge is 2.34. The van der Waals surface area contributed by atoms with Crippen molar-refractivity contribution in [2.75, 3.05) is 0 Å². The number of hydrogen-bond donors (Lipinski definition) is 2. The van der Waals surface area contributed by atoms with E-state index in [1.54, 1.807) is 12.1 Å². The molecule has 0 saturated carbocycles. The van der Waals surface area contributed by atoms with Crippen molar-refractivity contribution in [2.45, 2.75) is 46.0 Å². The molecule has 2 heteroatoms. The molecule has 0 amide bonds. The topological polar surface area (TPSA) is 40.5 Å². The van der Waals surface area contributed by atoms with Gasteiger partial charge in [0.25, 0.3) is 0 Å². The lowest BCUT2D eigenvalue weighted by Gasteiger charge is -2.39. The van der Waals surface area contributed by atoms with Crippen molar-refractivity contribution >= 4 is 0 Å². The van der Waals surface area contributed by atoms with E-state index < -0.39 is 0 Å². The van der Waals surface area contributed by atoms with Gasteiger partial charge in [-0.2, -0.15) is 0 Å². The average molecular weight is 244 g/mol. The van der Waals surface area contributed by atoms with Gasteiger partial charge in [-0.15, -0.1) is 0 Å². The molecule has 0 bridgehead atoms. The van der Waals surface area contributed by atoms with Gasteiger partial charge in [-0.25, -0.2) is 0 Å². The van der Waals surface area contributed by atoms with Crippen molar-refractivity contribution in [3.63, 3.8) is 0 Å². The van der Waals surface area contributed by atoms with E-state index in [1.807, 2.05) is 0 Å². The third-order valence-corrected chi connectivity index (χ3v) is 4.65. The number of fused-ring (bicyclic) bond motifs is 1. The Kier molecular flexibility index (Phi) is 2.44. The molecule has 0 aliphatic heterocycles. The lowest BCUT2D eigenvalue weighted by atomic mass is 9.66. The van der Waals surface area contributed by atoms with Crippen LogP contribution in [0.2, 0.25) is 0 Å². The molecule has 0 saturated heterocycles. The zero-order valence-corrected chi connectivity index (χ0v) is 11.1. The van der Waals surface area contributed by atoms with Gasteiger partial charge in [0, 0.05) is 11.1 Å². The summed E-state index contributed by atoms with van der Waals surface area (Å²) in [6.07, 6.45) is 5.22. The van der Waals surface area contributed by atoms with Crippen molar-refractivity contribution in [1.29, 1.82) is 0 Å². The van der Waals surface area contributed by atoms with Gasteiger partial charge in [-0.1, -0.05) is 25.0 Å². The van der Waals surface area contributed by atoms with Crippen LogP contribution in [0.5, 0.6) is 11.5 Å². The third kappa shape index (κ3) is 1.63. The Balaban J connectivity index is 2.11. The maximum Gasteiger partial charge on any atom is 0.119 e. The van der Waals surface area contributed by atoms with Crippen LogP contribution >= 0.6 is 0 Å². The first-order valence-electron chi connectivity index (χ1n) is 6.73. The van der Waals surface area contributed by atoms with E-state index in [2.05, 4.69) is 13.8 Å². The zero-order valence-electron chi connectivity index (χ0n) is 11.1. The molecule has 96 valence electrons. The first-order valence-corrected chi connectivity index (χ1v) is 6.73. The molecule has 2 aliphatic carbocycles. The first kappa shape index (κ1) is 11.6. The third-order valence-electron chi connectivity index (χ3n) is 4.65. The molecule has 3 rings (SSSR count). The second-order valence-corrected chi connectivity index (χ2v) is 6.23. The van der Waals surface area contributed by atoms with Crippen LogP contribution in [0.1, 0.15) is 44.2 Å². The van der Waals surface area contributed by atoms with Gasteiger partial charge >= 0.3 is 0 Å². The highest BCUT2D eigenvalue weighted by atomic mass is 16.3. The standard InChI is InChI=1S/C16H20O2/c1-16(2)7-3-4-10-8-11-12(9-13(10)16)15(18)6-5-14(11)17/h5-6,17-18H,3-4,7-9H2,1-2H3. The minimum absolute atomic E-state index is 0.239. The Hall–Kier alpha value is -1.44. The van der Waals surface area contributed by atoms with Gasteiger partial charge in [0.2, 0.25) is 0 Å². The van der Waals surface area contributed by atoms with Crippen LogP contribution in [-0.4, -0.2) is 10.2 Å². The van der Waals surface area contributed by atoms with Crippen LogP contribution in [0.25, 0.3) is 0 Å². The Labute approximate surface area is 108 Å². The van der Waals surface area contributed by atoms with Gasteiger partial charge in [0.05, 0.1) is 0 Å². The van der Waals surface area contributed by atoms with Crippen LogP contribution < -0.4 is 0 Å². The predicted octanol–water partition coefficient (Wildman–Crippen LogP) is 3.70. The van der Waals surface area contributed by atoms with Crippen LogP contribution in [0.3, 0.4) is 0 Å². The average Bonchev–Trinajstić information content (AvgIpc) is 2.33. The monoisotopic (exact) mass is 244 g/mol. The molecule has 0 radical (unpaired) electrons. The highest BCUT2D eigenvalue weighted by Crippen LogP contribution is 2.48. The number of rotatable bonds is 0. The molecule has 2 N–H and O–H groups in total. The predicted molar refractivity (Wildman–Crippen MR) is 71.8 cm³/mol. The van der Waals surface area contributed by atoms with E-state index in [0.717, 1.165) is 30.4 Å². The van der Waals surface area contributed by atoms with E-state index in [0.29, 0.717) is 11.5 Å². The molecule has 0 spiro atoms. The van der Waals surface area contributed by atoms with Crippen LogP contribution in [-0.2, 0) is 12.8 Å². The minimum Gasteiger partial charge on any atom is -0.508 e. The lowest BCUT2D eigenvalue weighted by molar-refractivity contribution is 0.350. The summed E-state index contributed by atoms with van der Waals surface area (Å²) < 4.78 is 0. The van der Waals surface area contributed by atoms with Crippen LogP contribution in [0.4, 0.5) is 0 Å². The Morgan fingerprint density at radius 2 is 1.61 bits per heavy atom. The normalized spacial score (nSPS) is 21.4. The number of hydrogen-bond acceptors (Lipinski definition) is 2. The van der Waals surface area contributed by atoms with Crippen molar-refractivity contribution in [1.82, 2.24) is 0 Å². The van der Waals surface area contributed by atoms with Gasteiger partial charge in [-0.05, 0) is 49.7 Å². The fraction of sp³-hybridized carbons (Fsp3) is 0.500. The molecule has 0 heterocycles. The van der Waals surface area contributed by atoms with Crippen LogP contribution in [0, 0.1) is 5.41 Å². The smallest absolute Gasteiger partial charge is 0.119 e. The number of benzene rings is 1. The van der Waals surface area contributed by atoms with E-state index in [-0.39, 0.29) is 5.41 Å². The van der Waals surface area contributed by atoms with E-state index >= 15 is 0 Å². The Morgan fingerprint density at radius 1 is 1.00 bits per heavy atom. The molecule has 1 aromatic carbocycles. The van der Waals surface area contributed by atoms with Gasteiger partial charge in [0.15, 0.2) is 0 Å². The Bertz CT molecular complexity index is 538. The number of phenols is 2. The zero-order chi connectivity index (χ0) is 12.9. The molecular formula is C16H20O2. The quantitative estimate of drug-likeness (QED) is 0.539. The van der Waals surface area contributed by atoms with Gasteiger partial charge in [-0.3, -0.25) is 0 Å². The van der Waals surface area contributed by atoms with Crippen LogP contribution in [0.15, 0.2) is 23.3 Å². The second-order valence-electron chi connectivity index (χ2n) is 6.23. The molecule has 1 aromatic rings.